The Morgan fingerprint density at radius 2 is 1.92 bits per heavy atom. The van der Waals surface area contributed by atoms with Gasteiger partial charge in [0.25, 0.3) is 5.91 Å². The molecule has 1 amide bonds. The second-order valence-corrected chi connectivity index (χ2v) is 6.76. The van der Waals surface area contributed by atoms with Crippen LogP contribution in [0, 0.1) is 11.6 Å². The van der Waals surface area contributed by atoms with E-state index in [4.69, 9.17) is 16.3 Å². The topological polar surface area (TPSA) is 55.4 Å². The van der Waals surface area contributed by atoms with Crippen LogP contribution < -0.4 is 5.32 Å². The van der Waals surface area contributed by atoms with Crippen LogP contribution in [-0.2, 0) is 16.1 Å². The van der Waals surface area contributed by atoms with Gasteiger partial charge < -0.3 is 10.1 Å². The number of carbonyl (C=O) groups is 2. The van der Waals surface area contributed by atoms with Crippen molar-refractivity contribution in [2.45, 2.75) is 6.54 Å². The van der Waals surface area contributed by atoms with E-state index in [0.29, 0.717) is 15.6 Å². The number of halogens is 3. The fraction of sp³-hybridized carbons (Fsp3) is 0.111. The highest BCUT2D eigenvalue weighted by atomic mass is 35.5. The molecule has 0 saturated heterocycles. The number of thiophene rings is 1. The maximum Gasteiger partial charge on any atom is 0.350 e. The number of rotatable bonds is 5. The van der Waals surface area contributed by atoms with Crippen molar-refractivity contribution >= 4 is 44.9 Å². The third kappa shape index (κ3) is 4.00. The van der Waals surface area contributed by atoms with Crippen LogP contribution in [0.15, 0.2) is 42.5 Å². The summed E-state index contributed by atoms with van der Waals surface area (Å²) in [5, 5.41) is 3.15. The van der Waals surface area contributed by atoms with Crippen molar-refractivity contribution < 1.29 is 23.1 Å². The Morgan fingerprint density at radius 3 is 2.69 bits per heavy atom. The molecule has 0 bridgehead atoms. The minimum atomic E-state index is -0.780. The zero-order valence-electron chi connectivity index (χ0n) is 13.2. The molecule has 0 aliphatic carbocycles. The largest absolute Gasteiger partial charge is 0.451 e. The third-order valence-corrected chi connectivity index (χ3v) is 5.18. The molecule has 26 heavy (non-hydrogen) atoms. The van der Waals surface area contributed by atoms with Crippen LogP contribution in [0.25, 0.3) is 10.1 Å². The average molecular weight is 396 g/mol. The number of nitrogens with one attached hydrogen (secondary N) is 1. The summed E-state index contributed by atoms with van der Waals surface area (Å²) >= 11 is 7.11. The van der Waals surface area contributed by atoms with Gasteiger partial charge in [-0.25, -0.2) is 13.6 Å². The number of carbonyl (C=O) groups excluding carboxylic acids is 2. The first-order chi connectivity index (χ1) is 12.5. The minimum Gasteiger partial charge on any atom is -0.451 e. The highest BCUT2D eigenvalue weighted by molar-refractivity contribution is 7.21. The molecule has 0 fully saturated rings. The first-order valence-corrected chi connectivity index (χ1v) is 8.70. The molecule has 0 saturated carbocycles. The standard InChI is InChI=1S/C18H12ClF2NO3S/c19-16-12-6-5-11(20)7-14(12)26-17(16)18(24)25-9-15(23)22-8-10-3-1-2-4-13(10)21/h1-7H,8-9H2,(H,22,23). The molecule has 1 aromatic heterocycles. The van der Waals surface area contributed by atoms with Crippen LogP contribution in [0.4, 0.5) is 8.78 Å². The lowest BCUT2D eigenvalue weighted by atomic mass is 10.2. The highest BCUT2D eigenvalue weighted by Gasteiger charge is 2.19. The van der Waals surface area contributed by atoms with E-state index in [0.717, 1.165) is 11.3 Å². The Balaban J connectivity index is 1.59. The third-order valence-electron chi connectivity index (χ3n) is 3.55. The molecule has 3 aromatic rings. The van der Waals surface area contributed by atoms with Crippen LogP contribution in [0.5, 0.6) is 0 Å². The lowest BCUT2D eigenvalue weighted by molar-refractivity contribution is -0.124. The van der Waals surface area contributed by atoms with E-state index in [9.17, 15) is 18.4 Å². The molecular formula is C18H12ClF2NO3S. The summed E-state index contributed by atoms with van der Waals surface area (Å²) in [6.45, 7) is -0.557. The molecule has 2 aromatic carbocycles. The van der Waals surface area contributed by atoms with Gasteiger partial charge in [0.2, 0.25) is 0 Å². The molecule has 0 atom stereocenters. The predicted molar refractivity (Wildman–Crippen MR) is 95.3 cm³/mol. The van der Waals surface area contributed by atoms with Crippen molar-refractivity contribution in [3.05, 3.63) is 69.6 Å². The summed E-state index contributed by atoms with van der Waals surface area (Å²) in [5.41, 5.74) is 0.321. The maximum absolute atomic E-state index is 13.5. The molecule has 4 nitrogen and oxygen atoms in total. The van der Waals surface area contributed by atoms with Gasteiger partial charge in [-0.15, -0.1) is 11.3 Å². The minimum absolute atomic E-state index is 0.0218. The molecule has 0 aliphatic rings. The van der Waals surface area contributed by atoms with Crippen LogP contribution in [-0.4, -0.2) is 18.5 Å². The Hall–Kier alpha value is -2.51. The molecule has 0 aliphatic heterocycles. The molecule has 0 unspecified atom stereocenters. The molecule has 1 heterocycles. The highest BCUT2D eigenvalue weighted by Crippen LogP contribution is 2.36. The Labute approximate surface area is 156 Å². The quantitative estimate of drug-likeness (QED) is 0.655. The van der Waals surface area contributed by atoms with Crippen molar-refractivity contribution in [1.29, 1.82) is 0 Å². The smallest absolute Gasteiger partial charge is 0.350 e. The molecular weight excluding hydrogens is 384 g/mol. The van der Waals surface area contributed by atoms with Crippen LogP contribution in [0.3, 0.4) is 0 Å². The number of hydrogen-bond donors (Lipinski definition) is 1. The van der Waals surface area contributed by atoms with Gasteiger partial charge in [-0.3, -0.25) is 4.79 Å². The van der Waals surface area contributed by atoms with Gasteiger partial charge in [0.15, 0.2) is 6.61 Å². The lowest BCUT2D eigenvalue weighted by Gasteiger charge is -2.07. The van der Waals surface area contributed by atoms with E-state index >= 15 is 0 Å². The summed E-state index contributed by atoms with van der Waals surface area (Å²) in [6.07, 6.45) is 0. The van der Waals surface area contributed by atoms with Gasteiger partial charge in [0.1, 0.15) is 16.5 Å². The molecule has 1 N–H and O–H groups in total. The normalized spacial score (nSPS) is 10.7. The number of fused-ring (bicyclic) bond motifs is 1. The van der Waals surface area contributed by atoms with Crippen LogP contribution in [0.2, 0.25) is 5.02 Å². The molecule has 3 rings (SSSR count). The number of esters is 1. The first kappa shape index (κ1) is 18.3. The summed E-state index contributed by atoms with van der Waals surface area (Å²) < 4.78 is 32.2. The van der Waals surface area contributed by atoms with Crippen LogP contribution >= 0.6 is 22.9 Å². The van der Waals surface area contributed by atoms with Gasteiger partial charge in [-0.2, -0.15) is 0 Å². The summed E-state index contributed by atoms with van der Waals surface area (Å²) in [6, 6.07) is 10.0. The number of ether oxygens (including phenoxy) is 1. The second kappa shape index (κ2) is 7.80. The SMILES string of the molecule is O=C(COC(=O)c1sc2cc(F)ccc2c1Cl)NCc1ccccc1F. The molecule has 0 radical (unpaired) electrons. The van der Waals surface area contributed by atoms with Crippen molar-refractivity contribution in [3.8, 4) is 0 Å². The summed E-state index contributed by atoms with van der Waals surface area (Å²) in [7, 11) is 0. The number of hydrogen-bond acceptors (Lipinski definition) is 4. The van der Waals surface area contributed by atoms with Crippen LogP contribution in [0.1, 0.15) is 15.2 Å². The van der Waals surface area contributed by atoms with Crippen molar-refractivity contribution in [3.63, 3.8) is 0 Å². The fourth-order valence-electron chi connectivity index (χ4n) is 2.25. The average Bonchev–Trinajstić information content (AvgIpc) is 2.95. The van der Waals surface area contributed by atoms with Gasteiger partial charge >= 0.3 is 5.97 Å². The van der Waals surface area contributed by atoms with Gasteiger partial charge in [-0.05, 0) is 24.3 Å². The van der Waals surface area contributed by atoms with Crippen molar-refractivity contribution in [2.24, 2.45) is 0 Å². The maximum atomic E-state index is 13.5. The monoisotopic (exact) mass is 395 g/mol. The van der Waals surface area contributed by atoms with E-state index < -0.39 is 30.1 Å². The number of amides is 1. The Bertz CT molecular complexity index is 990. The zero-order valence-corrected chi connectivity index (χ0v) is 14.8. The van der Waals surface area contributed by atoms with Gasteiger partial charge in [-0.1, -0.05) is 29.8 Å². The van der Waals surface area contributed by atoms with Gasteiger partial charge in [0.05, 0.1) is 5.02 Å². The van der Waals surface area contributed by atoms with Gasteiger partial charge in [0, 0.05) is 22.2 Å². The Kier molecular flexibility index (Phi) is 5.49. The number of benzene rings is 2. The fourth-order valence-corrected chi connectivity index (χ4v) is 3.68. The summed E-state index contributed by atoms with van der Waals surface area (Å²) in [5.74, 6) is -2.24. The van der Waals surface area contributed by atoms with E-state index in [1.165, 1.54) is 30.3 Å². The lowest BCUT2D eigenvalue weighted by Crippen LogP contribution is -2.28. The zero-order chi connectivity index (χ0) is 18.7. The van der Waals surface area contributed by atoms with E-state index in [1.807, 2.05) is 0 Å². The predicted octanol–water partition coefficient (Wildman–Crippen LogP) is 4.31. The Morgan fingerprint density at radius 1 is 1.15 bits per heavy atom. The van der Waals surface area contributed by atoms with E-state index in [2.05, 4.69) is 5.32 Å². The van der Waals surface area contributed by atoms with Crippen molar-refractivity contribution in [2.75, 3.05) is 6.61 Å². The molecule has 8 heteroatoms. The molecule has 134 valence electrons. The second-order valence-electron chi connectivity index (χ2n) is 5.33. The first-order valence-electron chi connectivity index (χ1n) is 7.50. The van der Waals surface area contributed by atoms with Crippen molar-refractivity contribution in [1.82, 2.24) is 5.32 Å². The van der Waals surface area contributed by atoms with E-state index in [1.54, 1.807) is 12.1 Å². The molecule has 0 spiro atoms. The summed E-state index contributed by atoms with van der Waals surface area (Å²) in [4.78, 5) is 24.0. The van der Waals surface area contributed by atoms with E-state index in [-0.39, 0.29) is 16.4 Å².